The highest BCUT2D eigenvalue weighted by molar-refractivity contribution is 4.87. The Hall–Kier alpha value is -0.0400. The molecule has 88 valence electrons. The first-order valence-electron chi connectivity index (χ1n) is 6.92. The molecule has 0 aromatic heterocycles. The molecule has 5 unspecified atom stereocenters. The first-order chi connectivity index (χ1) is 7.22. The number of hydrogen-bond acceptors (Lipinski definition) is 1. The molecule has 0 heterocycles. The predicted molar refractivity (Wildman–Crippen MR) is 65.6 cm³/mol. The van der Waals surface area contributed by atoms with Crippen LogP contribution in [0.2, 0.25) is 0 Å². The smallest absolute Gasteiger partial charge is 0.00461 e. The quantitative estimate of drug-likeness (QED) is 0.741. The Morgan fingerprint density at radius 3 is 2.47 bits per heavy atom. The minimum Gasteiger partial charge on any atom is -0.330 e. The molecular weight excluding hydrogens is 182 g/mol. The maximum atomic E-state index is 5.89. The van der Waals surface area contributed by atoms with Gasteiger partial charge in [0.05, 0.1) is 0 Å². The van der Waals surface area contributed by atoms with E-state index in [1.807, 2.05) is 0 Å². The lowest BCUT2D eigenvalue weighted by Gasteiger charge is -2.37. The average Bonchev–Trinajstić information content (AvgIpc) is 2.70. The Morgan fingerprint density at radius 2 is 1.80 bits per heavy atom. The van der Waals surface area contributed by atoms with Crippen LogP contribution in [-0.4, -0.2) is 6.54 Å². The molecule has 0 saturated heterocycles. The summed E-state index contributed by atoms with van der Waals surface area (Å²) in [7, 11) is 0. The van der Waals surface area contributed by atoms with Crippen molar-refractivity contribution in [1.82, 2.24) is 0 Å². The van der Waals surface area contributed by atoms with Gasteiger partial charge in [-0.1, -0.05) is 26.7 Å². The van der Waals surface area contributed by atoms with E-state index in [2.05, 4.69) is 13.8 Å². The zero-order chi connectivity index (χ0) is 10.8. The van der Waals surface area contributed by atoms with Crippen LogP contribution in [0.4, 0.5) is 0 Å². The van der Waals surface area contributed by atoms with Crippen molar-refractivity contribution in [2.75, 3.05) is 6.54 Å². The molecule has 0 amide bonds. The molecular formula is C14H27N. The third-order valence-electron chi connectivity index (χ3n) is 5.26. The fraction of sp³-hybridized carbons (Fsp3) is 1.00. The lowest BCUT2D eigenvalue weighted by Crippen LogP contribution is -2.30. The molecule has 0 radical (unpaired) electrons. The van der Waals surface area contributed by atoms with Crippen molar-refractivity contribution in [3.05, 3.63) is 0 Å². The van der Waals surface area contributed by atoms with Crippen LogP contribution in [0.15, 0.2) is 0 Å². The number of nitrogens with two attached hydrogens (primary N) is 1. The maximum Gasteiger partial charge on any atom is -0.00461 e. The average molecular weight is 209 g/mol. The molecule has 0 aliphatic heterocycles. The SMILES string of the molecule is CC1CCC(C2CCCC2CN)CC1C. The van der Waals surface area contributed by atoms with Gasteiger partial charge in [-0.15, -0.1) is 0 Å². The van der Waals surface area contributed by atoms with Crippen LogP contribution in [0.5, 0.6) is 0 Å². The fourth-order valence-electron chi connectivity index (χ4n) is 3.96. The van der Waals surface area contributed by atoms with Gasteiger partial charge in [0.25, 0.3) is 0 Å². The van der Waals surface area contributed by atoms with Crippen molar-refractivity contribution in [3.63, 3.8) is 0 Å². The lowest BCUT2D eigenvalue weighted by molar-refractivity contribution is 0.135. The van der Waals surface area contributed by atoms with Gasteiger partial charge in [0.2, 0.25) is 0 Å². The van der Waals surface area contributed by atoms with E-state index in [1.165, 1.54) is 38.5 Å². The Labute approximate surface area is 94.8 Å². The summed E-state index contributed by atoms with van der Waals surface area (Å²) in [5.74, 6) is 4.74. The van der Waals surface area contributed by atoms with Gasteiger partial charge in [0.1, 0.15) is 0 Å². The van der Waals surface area contributed by atoms with E-state index in [1.54, 1.807) is 0 Å². The molecule has 15 heavy (non-hydrogen) atoms. The van der Waals surface area contributed by atoms with Crippen molar-refractivity contribution in [1.29, 1.82) is 0 Å². The minimum absolute atomic E-state index is 0.857. The highest BCUT2D eigenvalue weighted by Crippen LogP contribution is 2.45. The van der Waals surface area contributed by atoms with Crippen molar-refractivity contribution < 1.29 is 0 Å². The highest BCUT2D eigenvalue weighted by atomic mass is 14.6. The van der Waals surface area contributed by atoms with E-state index in [9.17, 15) is 0 Å². The summed E-state index contributed by atoms with van der Waals surface area (Å²) in [5, 5.41) is 0. The summed E-state index contributed by atoms with van der Waals surface area (Å²) < 4.78 is 0. The molecule has 2 fully saturated rings. The zero-order valence-corrected chi connectivity index (χ0v) is 10.4. The Morgan fingerprint density at radius 1 is 1.00 bits per heavy atom. The molecule has 2 aliphatic carbocycles. The van der Waals surface area contributed by atoms with Gasteiger partial charge in [-0.05, 0) is 61.8 Å². The largest absolute Gasteiger partial charge is 0.330 e. The van der Waals surface area contributed by atoms with E-state index in [0.29, 0.717) is 0 Å². The molecule has 2 rings (SSSR count). The Bertz CT molecular complexity index is 202. The number of hydrogen-bond donors (Lipinski definition) is 1. The van der Waals surface area contributed by atoms with Crippen LogP contribution in [-0.2, 0) is 0 Å². The molecule has 2 N–H and O–H groups in total. The minimum atomic E-state index is 0.857. The third-order valence-corrected chi connectivity index (χ3v) is 5.26. The Balaban J connectivity index is 1.93. The van der Waals surface area contributed by atoms with Crippen LogP contribution in [0.3, 0.4) is 0 Å². The molecule has 0 aromatic carbocycles. The van der Waals surface area contributed by atoms with Crippen molar-refractivity contribution in [2.24, 2.45) is 35.3 Å². The van der Waals surface area contributed by atoms with Gasteiger partial charge < -0.3 is 5.73 Å². The first kappa shape index (κ1) is 11.4. The maximum absolute atomic E-state index is 5.89. The molecule has 2 saturated carbocycles. The summed E-state index contributed by atoms with van der Waals surface area (Å²) in [4.78, 5) is 0. The van der Waals surface area contributed by atoms with E-state index in [-0.39, 0.29) is 0 Å². The van der Waals surface area contributed by atoms with E-state index >= 15 is 0 Å². The number of rotatable bonds is 2. The van der Waals surface area contributed by atoms with Gasteiger partial charge >= 0.3 is 0 Å². The van der Waals surface area contributed by atoms with E-state index < -0.39 is 0 Å². The fourth-order valence-corrected chi connectivity index (χ4v) is 3.96. The summed E-state index contributed by atoms with van der Waals surface area (Å²) in [6, 6.07) is 0. The van der Waals surface area contributed by atoms with Gasteiger partial charge in [0.15, 0.2) is 0 Å². The van der Waals surface area contributed by atoms with E-state index in [4.69, 9.17) is 5.73 Å². The molecule has 0 aromatic rings. The topological polar surface area (TPSA) is 26.0 Å². The monoisotopic (exact) mass is 209 g/mol. The third kappa shape index (κ3) is 2.38. The highest BCUT2D eigenvalue weighted by Gasteiger charge is 2.36. The standard InChI is InChI=1S/C14H27N/c1-10-6-7-12(8-11(10)2)14-5-3-4-13(14)9-15/h10-14H,3-9,15H2,1-2H3. The van der Waals surface area contributed by atoms with Gasteiger partial charge in [0, 0.05) is 0 Å². The molecule has 1 heteroatoms. The normalized spacial score (nSPS) is 47.0. The molecule has 0 spiro atoms. The Kier molecular flexibility index (Phi) is 3.71. The zero-order valence-electron chi connectivity index (χ0n) is 10.4. The second-order valence-corrected chi connectivity index (χ2v) is 6.12. The molecule has 2 aliphatic rings. The second-order valence-electron chi connectivity index (χ2n) is 6.12. The van der Waals surface area contributed by atoms with Gasteiger partial charge in [-0.2, -0.15) is 0 Å². The summed E-state index contributed by atoms with van der Waals surface area (Å²) in [6.07, 6.45) is 8.72. The van der Waals surface area contributed by atoms with Crippen LogP contribution >= 0.6 is 0 Å². The van der Waals surface area contributed by atoms with Crippen LogP contribution < -0.4 is 5.73 Å². The molecule has 0 bridgehead atoms. The summed E-state index contributed by atoms with van der Waals surface area (Å²) >= 11 is 0. The van der Waals surface area contributed by atoms with Crippen molar-refractivity contribution in [2.45, 2.75) is 52.4 Å². The van der Waals surface area contributed by atoms with Crippen LogP contribution in [0.25, 0.3) is 0 Å². The molecule has 5 atom stereocenters. The lowest BCUT2D eigenvalue weighted by atomic mass is 9.69. The summed E-state index contributed by atoms with van der Waals surface area (Å²) in [5.41, 5.74) is 5.89. The van der Waals surface area contributed by atoms with E-state index in [0.717, 1.165) is 36.1 Å². The van der Waals surface area contributed by atoms with Crippen LogP contribution in [0, 0.1) is 29.6 Å². The van der Waals surface area contributed by atoms with Crippen LogP contribution in [0.1, 0.15) is 52.4 Å². The van der Waals surface area contributed by atoms with Crippen molar-refractivity contribution in [3.8, 4) is 0 Å². The summed E-state index contributed by atoms with van der Waals surface area (Å²) in [6.45, 7) is 5.81. The van der Waals surface area contributed by atoms with Crippen molar-refractivity contribution >= 4 is 0 Å². The second kappa shape index (κ2) is 4.86. The predicted octanol–water partition coefficient (Wildman–Crippen LogP) is 3.43. The van der Waals surface area contributed by atoms with Gasteiger partial charge in [-0.25, -0.2) is 0 Å². The first-order valence-corrected chi connectivity index (χ1v) is 6.92. The van der Waals surface area contributed by atoms with Gasteiger partial charge in [-0.3, -0.25) is 0 Å². The molecule has 1 nitrogen and oxygen atoms in total.